The maximum Gasteiger partial charge on any atom is 0.254 e. The van der Waals surface area contributed by atoms with Gasteiger partial charge >= 0.3 is 0 Å². The number of rotatable bonds is 4. The minimum Gasteiger partial charge on any atom is -0.352 e. The Labute approximate surface area is 134 Å². The summed E-state index contributed by atoms with van der Waals surface area (Å²) in [6.45, 7) is 2.66. The van der Waals surface area contributed by atoms with Crippen molar-refractivity contribution in [2.75, 3.05) is 19.6 Å². The fraction of sp³-hybridized carbons (Fsp3) is 0.286. The van der Waals surface area contributed by atoms with Crippen molar-refractivity contribution in [2.45, 2.75) is 0 Å². The van der Waals surface area contributed by atoms with Crippen LogP contribution < -0.4 is 10.6 Å². The van der Waals surface area contributed by atoms with Gasteiger partial charge in [-0.2, -0.15) is 5.10 Å². The van der Waals surface area contributed by atoms with Crippen molar-refractivity contribution in [2.24, 2.45) is 5.92 Å². The van der Waals surface area contributed by atoms with Crippen molar-refractivity contribution in [1.82, 2.24) is 20.4 Å². The molecule has 1 aliphatic rings. The van der Waals surface area contributed by atoms with E-state index in [1.165, 1.54) is 0 Å². The first-order valence-electron chi connectivity index (χ1n) is 6.52. The number of hydrogen-bond acceptors (Lipinski definition) is 3. The van der Waals surface area contributed by atoms with Crippen molar-refractivity contribution in [3.05, 3.63) is 47.2 Å². The Morgan fingerprint density at radius 2 is 2.10 bits per heavy atom. The molecular weight excluding hydrogens is 311 g/mol. The van der Waals surface area contributed by atoms with Crippen LogP contribution in [0.25, 0.3) is 5.69 Å². The topological polar surface area (TPSA) is 59.0 Å². The van der Waals surface area contributed by atoms with Gasteiger partial charge in [-0.15, -0.1) is 12.4 Å². The lowest BCUT2D eigenvalue weighted by Crippen LogP contribution is -2.48. The second-order valence-electron chi connectivity index (χ2n) is 4.88. The second-order valence-corrected chi connectivity index (χ2v) is 5.32. The molecule has 7 heteroatoms. The van der Waals surface area contributed by atoms with E-state index in [0.717, 1.165) is 18.8 Å². The van der Waals surface area contributed by atoms with Gasteiger partial charge in [0.25, 0.3) is 5.91 Å². The maximum atomic E-state index is 12.0. The zero-order valence-electron chi connectivity index (χ0n) is 11.3. The Balaban J connectivity index is 0.00000161. The lowest BCUT2D eigenvalue weighted by atomic mass is 10.0. The minimum absolute atomic E-state index is 0. The number of hydrogen-bond donors (Lipinski definition) is 2. The van der Waals surface area contributed by atoms with Crippen LogP contribution in [0.2, 0.25) is 5.02 Å². The fourth-order valence-corrected chi connectivity index (χ4v) is 2.13. The average molecular weight is 327 g/mol. The number of amides is 1. The number of carbonyl (C=O) groups excluding carboxylic acids is 1. The Bertz CT molecular complexity index is 608. The summed E-state index contributed by atoms with van der Waals surface area (Å²) in [5.41, 5.74) is 1.43. The normalized spacial score (nSPS) is 14.1. The molecule has 0 bridgehead atoms. The van der Waals surface area contributed by atoms with E-state index in [1.807, 2.05) is 12.1 Å². The standard InChI is InChI=1S/C14H15ClN4O.ClH/c15-12-1-3-13(4-2-12)19-9-11(8-18-19)14(20)17-7-10-5-16-6-10;/h1-4,8-10,16H,5-7H2,(H,17,20);1H. The molecule has 5 nitrogen and oxygen atoms in total. The first-order chi connectivity index (χ1) is 9.72. The van der Waals surface area contributed by atoms with Gasteiger partial charge in [0.05, 0.1) is 17.4 Å². The van der Waals surface area contributed by atoms with Crippen LogP contribution in [0.3, 0.4) is 0 Å². The molecule has 0 radical (unpaired) electrons. The summed E-state index contributed by atoms with van der Waals surface area (Å²) < 4.78 is 1.66. The SMILES string of the molecule is Cl.O=C(NCC1CNC1)c1cnn(-c2ccc(Cl)cc2)c1. The number of benzene rings is 1. The third-order valence-electron chi connectivity index (χ3n) is 3.35. The molecule has 0 saturated carbocycles. The van der Waals surface area contributed by atoms with Crippen molar-refractivity contribution >= 4 is 29.9 Å². The van der Waals surface area contributed by atoms with Gasteiger partial charge in [0.15, 0.2) is 0 Å². The zero-order valence-corrected chi connectivity index (χ0v) is 12.8. The van der Waals surface area contributed by atoms with Crippen LogP contribution in [0.5, 0.6) is 0 Å². The molecule has 3 rings (SSSR count). The summed E-state index contributed by atoms with van der Waals surface area (Å²) in [7, 11) is 0. The molecule has 1 fully saturated rings. The molecule has 2 aromatic rings. The van der Waals surface area contributed by atoms with E-state index in [-0.39, 0.29) is 18.3 Å². The molecule has 0 atom stereocenters. The molecular formula is C14H16Cl2N4O. The average Bonchev–Trinajstić information content (AvgIpc) is 2.87. The minimum atomic E-state index is -0.0860. The summed E-state index contributed by atoms with van der Waals surface area (Å²) in [4.78, 5) is 12.0. The highest BCUT2D eigenvalue weighted by atomic mass is 35.5. The van der Waals surface area contributed by atoms with Crippen molar-refractivity contribution < 1.29 is 4.79 Å². The van der Waals surface area contributed by atoms with E-state index in [9.17, 15) is 4.79 Å². The summed E-state index contributed by atoms with van der Waals surface area (Å²) in [6, 6.07) is 7.30. The van der Waals surface area contributed by atoms with Gasteiger partial charge < -0.3 is 10.6 Å². The molecule has 0 aliphatic carbocycles. The quantitative estimate of drug-likeness (QED) is 0.902. The smallest absolute Gasteiger partial charge is 0.254 e. The molecule has 2 heterocycles. The highest BCUT2D eigenvalue weighted by molar-refractivity contribution is 6.30. The molecule has 1 amide bonds. The molecule has 1 aromatic heterocycles. The predicted molar refractivity (Wildman–Crippen MR) is 84.5 cm³/mol. The van der Waals surface area contributed by atoms with Crippen LogP contribution in [-0.2, 0) is 0 Å². The molecule has 21 heavy (non-hydrogen) atoms. The summed E-state index contributed by atoms with van der Waals surface area (Å²) >= 11 is 5.85. The van der Waals surface area contributed by atoms with Crippen LogP contribution in [0.4, 0.5) is 0 Å². The van der Waals surface area contributed by atoms with E-state index < -0.39 is 0 Å². The maximum absolute atomic E-state index is 12.0. The largest absolute Gasteiger partial charge is 0.352 e. The highest BCUT2D eigenvalue weighted by Crippen LogP contribution is 2.13. The van der Waals surface area contributed by atoms with E-state index in [4.69, 9.17) is 11.6 Å². The van der Waals surface area contributed by atoms with E-state index in [0.29, 0.717) is 23.0 Å². The highest BCUT2D eigenvalue weighted by Gasteiger charge is 2.18. The van der Waals surface area contributed by atoms with Crippen LogP contribution >= 0.6 is 24.0 Å². The number of aromatic nitrogens is 2. The summed E-state index contributed by atoms with van der Waals surface area (Å²) in [6.07, 6.45) is 3.29. The molecule has 0 spiro atoms. The Morgan fingerprint density at radius 3 is 2.71 bits per heavy atom. The lowest BCUT2D eigenvalue weighted by molar-refractivity contribution is 0.0942. The second kappa shape index (κ2) is 6.93. The fourth-order valence-electron chi connectivity index (χ4n) is 2.01. The molecule has 1 aliphatic heterocycles. The molecule has 1 saturated heterocycles. The van der Waals surface area contributed by atoms with Gasteiger partial charge in [-0.3, -0.25) is 4.79 Å². The summed E-state index contributed by atoms with van der Waals surface area (Å²) in [5, 5.41) is 11.0. The van der Waals surface area contributed by atoms with Gasteiger partial charge in [0.1, 0.15) is 0 Å². The van der Waals surface area contributed by atoms with E-state index in [1.54, 1.807) is 29.2 Å². The van der Waals surface area contributed by atoms with Crippen LogP contribution in [-0.4, -0.2) is 35.3 Å². The Hall–Kier alpha value is -1.56. The molecule has 1 aromatic carbocycles. The first kappa shape index (κ1) is 15.8. The van der Waals surface area contributed by atoms with Crippen molar-refractivity contribution in [3.8, 4) is 5.69 Å². The predicted octanol–water partition coefficient (Wildman–Crippen LogP) is 1.90. The zero-order chi connectivity index (χ0) is 13.9. The first-order valence-corrected chi connectivity index (χ1v) is 6.90. The number of nitrogens with zero attached hydrogens (tertiary/aromatic N) is 2. The Kier molecular flexibility index (Phi) is 5.22. The number of carbonyl (C=O) groups is 1. The van der Waals surface area contributed by atoms with Crippen LogP contribution in [0.15, 0.2) is 36.7 Å². The van der Waals surface area contributed by atoms with Gasteiger partial charge in [-0.25, -0.2) is 4.68 Å². The number of halogens is 2. The molecule has 2 N–H and O–H groups in total. The molecule has 0 unspecified atom stereocenters. The Morgan fingerprint density at radius 1 is 1.38 bits per heavy atom. The van der Waals surface area contributed by atoms with Gasteiger partial charge in [-0.05, 0) is 24.3 Å². The van der Waals surface area contributed by atoms with Crippen LogP contribution in [0.1, 0.15) is 10.4 Å². The number of nitrogens with one attached hydrogen (secondary N) is 2. The van der Waals surface area contributed by atoms with E-state index in [2.05, 4.69) is 15.7 Å². The van der Waals surface area contributed by atoms with Crippen molar-refractivity contribution in [3.63, 3.8) is 0 Å². The van der Waals surface area contributed by atoms with Gasteiger partial charge in [0, 0.05) is 36.8 Å². The third kappa shape index (κ3) is 3.75. The van der Waals surface area contributed by atoms with Crippen molar-refractivity contribution in [1.29, 1.82) is 0 Å². The third-order valence-corrected chi connectivity index (χ3v) is 3.61. The summed E-state index contributed by atoms with van der Waals surface area (Å²) in [5.74, 6) is 0.461. The lowest BCUT2D eigenvalue weighted by Gasteiger charge is -2.26. The van der Waals surface area contributed by atoms with Gasteiger partial charge in [0.2, 0.25) is 0 Å². The molecule has 112 valence electrons. The van der Waals surface area contributed by atoms with Crippen LogP contribution in [0, 0.1) is 5.92 Å². The van der Waals surface area contributed by atoms with E-state index >= 15 is 0 Å². The van der Waals surface area contributed by atoms with Gasteiger partial charge in [-0.1, -0.05) is 11.6 Å². The monoisotopic (exact) mass is 326 g/mol.